The molecule has 0 spiro atoms. The highest BCUT2D eigenvalue weighted by Crippen LogP contribution is 2.12. The Morgan fingerprint density at radius 3 is 2.50 bits per heavy atom. The van der Waals surface area contributed by atoms with Crippen molar-refractivity contribution in [1.82, 2.24) is 10.3 Å². The van der Waals surface area contributed by atoms with Gasteiger partial charge in [-0.1, -0.05) is 40.2 Å². The van der Waals surface area contributed by atoms with Gasteiger partial charge in [0.2, 0.25) is 0 Å². The van der Waals surface area contributed by atoms with E-state index in [-0.39, 0.29) is 0 Å². The van der Waals surface area contributed by atoms with Crippen molar-refractivity contribution >= 4 is 5.82 Å². The molecule has 0 aliphatic heterocycles. The first kappa shape index (κ1) is 15.0. The molecule has 1 N–H and O–H groups in total. The summed E-state index contributed by atoms with van der Waals surface area (Å²) in [7, 11) is 2.11. The summed E-state index contributed by atoms with van der Waals surface area (Å²) in [5.41, 5.74) is 1.24. The summed E-state index contributed by atoms with van der Waals surface area (Å²) in [6.07, 6.45) is 3.18. The zero-order valence-electron chi connectivity index (χ0n) is 12.4. The summed E-state index contributed by atoms with van der Waals surface area (Å²) in [6.45, 7) is 10.8. The molecule has 1 unspecified atom stereocenters. The lowest BCUT2D eigenvalue weighted by molar-refractivity contribution is 0.557. The second-order valence-corrected chi connectivity index (χ2v) is 5.45. The van der Waals surface area contributed by atoms with Gasteiger partial charge in [0.25, 0.3) is 0 Å². The number of hydrogen-bond acceptors (Lipinski definition) is 3. The fourth-order valence-corrected chi connectivity index (χ4v) is 1.76. The van der Waals surface area contributed by atoms with Gasteiger partial charge in [0.05, 0.1) is 0 Å². The van der Waals surface area contributed by atoms with Crippen molar-refractivity contribution in [3.8, 4) is 0 Å². The van der Waals surface area contributed by atoms with Crippen molar-refractivity contribution in [1.29, 1.82) is 0 Å². The molecule has 0 aliphatic carbocycles. The minimum Gasteiger partial charge on any atom is -0.359 e. The van der Waals surface area contributed by atoms with Crippen LogP contribution in [0.1, 0.15) is 39.7 Å². The molecule has 102 valence electrons. The third kappa shape index (κ3) is 5.05. The second kappa shape index (κ2) is 7.37. The highest BCUT2D eigenvalue weighted by atomic mass is 15.2. The number of nitrogens with zero attached hydrogens (tertiary/aromatic N) is 2. The van der Waals surface area contributed by atoms with Gasteiger partial charge in [0.15, 0.2) is 0 Å². The maximum Gasteiger partial charge on any atom is 0.128 e. The number of rotatable bonds is 7. The number of anilines is 1. The molecule has 18 heavy (non-hydrogen) atoms. The molecule has 3 nitrogen and oxygen atoms in total. The third-order valence-electron chi connectivity index (χ3n) is 3.20. The van der Waals surface area contributed by atoms with E-state index in [9.17, 15) is 0 Å². The van der Waals surface area contributed by atoms with Gasteiger partial charge >= 0.3 is 0 Å². The van der Waals surface area contributed by atoms with Gasteiger partial charge in [-0.2, -0.15) is 0 Å². The Kier molecular flexibility index (Phi) is 6.13. The summed E-state index contributed by atoms with van der Waals surface area (Å²) in [5.74, 6) is 1.77. The van der Waals surface area contributed by atoms with Crippen LogP contribution in [0.3, 0.4) is 0 Å². The predicted octanol–water partition coefficient (Wildman–Crippen LogP) is 3.06. The average molecular weight is 249 g/mol. The first-order chi connectivity index (χ1) is 8.52. The molecule has 1 heterocycles. The van der Waals surface area contributed by atoms with E-state index >= 15 is 0 Å². The molecular weight excluding hydrogens is 222 g/mol. The fourth-order valence-electron chi connectivity index (χ4n) is 1.76. The Balaban J connectivity index is 2.53. The van der Waals surface area contributed by atoms with Crippen molar-refractivity contribution in [2.75, 3.05) is 18.5 Å². The van der Waals surface area contributed by atoms with Gasteiger partial charge in [-0.25, -0.2) is 4.98 Å². The summed E-state index contributed by atoms with van der Waals surface area (Å²) < 4.78 is 0. The summed E-state index contributed by atoms with van der Waals surface area (Å²) >= 11 is 0. The van der Waals surface area contributed by atoms with Gasteiger partial charge in [-0.05, 0) is 17.5 Å². The van der Waals surface area contributed by atoms with E-state index in [1.807, 2.05) is 6.20 Å². The minimum atomic E-state index is 0.512. The largest absolute Gasteiger partial charge is 0.359 e. The van der Waals surface area contributed by atoms with Gasteiger partial charge in [-0.3, -0.25) is 0 Å². The zero-order chi connectivity index (χ0) is 13.5. The Morgan fingerprint density at radius 2 is 2.00 bits per heavy atom. The molecule has 1 aromatic heterocycles. The lowest BCUT2D eigenvalue weighted by Gasteiger charge is -2.21. The summed E-state index contributed by atoms with van der Waals surface area (Å²) in [6, 6.07) is 4.78. The molecule has 1 aromatic rings. The van der Waals surface area contributed by atoms with Crippen molar-refractivity contribution in [2.45, 2.75) is 46.7 Å². The van der Waals surface area contributed by atoms with E-state index in [4.69, 9.17) is 0 Å². The molecule has 0 amide bonds. The maximum absolute atomic E-state index is 4.53. The Labute approximate surface area is 112 Å². The Morgan fingerprint density at radius 1 is 1.28 bits per heavy atom. The maximum atomic E-state index is 4.53. The minimum absolute atomic E-state index is 0.512. The van der Waals surface area contributed by atoms with Crippen LogP contribution in [0.15, 0.2) is 18.3 Å². The normalized spacial score (nSPS) is 12.8. The smallest absolute Gasteiger partial charge is 0.128 e. The van der Waals surface area contributed by atoms with Crippen LogP contribution >= 0.6 is 0 Å². The zero-order valence-corrected chi connectivity index (χ0v) is 12.4. The third-order valence-corrected chi connectivity index (χ3v) is 3.20. The van der Waals surface area contributed by atoms with Crippen molar-refractivity contribution in [3.05, 3.63) is 23.9 Å². The van der Waals surface area contributed by atoms with E-state index in [1.165, 1.54) is 12.0 Å². The lowest BCUT2D eigenvalue weighted by atomic mass is 10.1. The summed E-state index contributed by atoms with van der Waals surface area (Å²) in [5, 5.41) is 3.40. The van der Waals surface area contributed by atoms with E-state index in [1.54, 1.807) is 0 Å². The molecule has 1 rings (SSSR count). The highest BCUT2D eigenvalue weighted by Gasteiger charge is 2.06. The predicted molar refractivity (Wildman–Crippen MR) is 78.9 cm³/mol. The topological polar surface area (TPSA) is 28.2 Å². The monoisotopic (exact) mass is 249 g/mol. The van der Waals surface area contributed by atoms with Gasteiger partial charge in [-0.15, -0.1) is 0 Å². The first-order valence-electron chi connectivity index (χ1n) is 6.92. The van der Waals surface area contributed by atoms with Crippen LogP contribution in [0, 0.1) is 5.92 Å². The van der Waals surface area contributed by atoms with Gasteiger partial charge in [0, 0.05) is 32.4 Å². The molecule has 3 heteroatoms. The molecular formula is C15H27N3. The van der Waals surface area contributed by atoms with Gasteiger partial charge < -0.3 is 10.2 Å². The van der Waals surface area contributed by atoms with Crippen molar-refractivity contribution < 1.29 is 0 Å². The van der Waals surface area contributed by atoms with Crippen LogP contribution in [-0.2, 0) is 6.54 Å². The molecule has 0 saturated carbocycles. The Hall–Kier alpha value is -1.09. The van der Waals surface area contributed by atoms with Crippen molar-refractivity contribution in [3.63, 3.8) is 0 Å². The van der Waals surface area contributed by atoms with E-state index < -0.39 is 0 Å². The average Bonchev–Trinajstić information content (AvgIpc) is 2.36. The SMILES string of the molecule is CCC(C)CN(C)c1ccc(CNC(C)C)cn1. The molecule has 0 saturated heterocycles. The molecule has 0 aromatic carbocycles. The quantitative estimate of drug-likeness (QED) is 0.805. The van der Waals surface area contributed by atoms with E-state index in [2.05, 4.69) is 62.1 Å². The number of nitrogens with one attached hydrogen (secondary N) is 1. The van der Waals surface area contributed by atoms with Crippen LogP contribution < -0.4 is 10.2 Å². The Bertz CT molecular complexity index is 332. The van der Waals surface area contributed by atoms with Crippen LogP contribution in [0.5, 0.6) is 0 Å². The van der Waals surface area contributed by atoms with Crippen LogP contribution in [0.25, 0.3) is 0 Å². The number of aromatic nitrogens is 1. The van der Waals surface area contributed by atoms with Gasteiger partial charge in [0.1, 0.15) is 5.82 Å². The van der Waals surface area contributed by atoms with Crippen LogP contribution in [-0.4, -0.2) is 24.6 Å². The van der Waals surface area contributed by atoms with E-state index in [0.717, 1.165) is 18.9 Å². The molecule has 0 fully saturated rings. The number of pyridine rings is 1. The first-order valence-corrected chi connectivity index (χ1v) is 6.92. The number of hydrogen-bond donors (Lipinski definition) is 1. The standard InChI is InChI=1S/C15H27N3/c1-6-13(4)11-18(5)15-8-7-14(10-17-15)9-16-12(2)3/h7-8,10,12-13,16H,6,9,11H2,1-5H3. The summed E-state index contributed by atoms with van der Waals surface area (Å²) in [4.78, 5) is 6.76. The molecule has 1 atom stereocenters. The van der Waals surface area contributed by atoms with Crippen LogP contribution in [0.2, 0.25) is 0 Å². The molecule has 0 bridgehead atoms. The lowest BCUT2D eigenvalue weighted by Crippen LogP contribution is -2.25. The molecule has 0 radical (unpaired) electrons. The van der Waals surface area contributed by atoms with Crippen LogP contribution in [0.4, 0.5) is 5.82 Å². The van der Waals surface area contributed by atoms with E-state index in [0.29, 0.717) is 12.0 Å². The second-order valence-electron chi connectivity index (χ2n) is 5.45. The highest BCUT2D eigenvalue weighted by molar-refractivity contribution is 5.38. The van der Waals surface area contributed by atoms with Crippen molar-refractivity contribution in [2.24, 2.45) is 5.92 Å². The fraction of sp³-hybridized carbons (Fsp3) is 0.667. The molecule has 0 aliphatic rings.